The highest BCUT2D eigenvalue weighted by Crippen LogP contribution is 2.17. The molecule has 0 spiro atoms. The lowest BCUT2D eigenvalue weighted by molar-refractivity contribution is -0.137. The van der Waals surface area contributed by atoms with Crippen molar-refractivity contribution in [3.8, 4) is 0 Å². The van der Waals surface area contributed by atoms with Gasteiger partial charge in [0.2, 0.25) is 0 Å². The minimum Gasteiger partial charge on any atom is -0.481 e. The molecular formula is C17H16O2. The largest absolute Gasteiger partial charge is 0.481 e. The summed E-state index contributed by atoms with van der Waals surface area (Å²) < 4.78 is 0. The quantitative estimate of drug-likeness (QED) is 0.817. The molecule has 0 bridgehead atoms. The van der Waals surface area contributed by atoms with Crippen LogP contribution in [-0.2, 0) is 4.79 Å². The molecule has 0 radical (unpaired) electrons. The Hall–Kier alpha value is -2.09. The molecule has 2 aliphatic carbocycles. The van der Waals surface area contributed by atoms with Crippen LogP contribution in [0.4, 0.5) is 0 Å². The third-order valence-corrected chi connectivity index (χ3v) is 3.70. The lowest BCUT2D eigenvalue weighted by Crippen LogP contribution is -2.14. The molecule has 3 rings (SSSR count). The highest BCUT2D eigenvalue weighted by Gasteiger charge is 2.08. The van der Waals surface area contributed by atoms with Crippen LogP contribution in [0.2, 0.25) is 0 Å². The Morgan fingerprint density at radius 1 is 1.05 bits per heavy atom. The van der Waals surface area contributed by atoms with Gasteiger partial charge in [-0.05, 0) is 58.5 Å². The van der Waals surface area contributed by atoms with Crippen LogP contribution in [0, 0.1) is 0 Å². The Morgan fingerprint density at radius 2 is 1.95 bits per heavy atom. The maximum Gasteiger partial charge on any atom is 0.303 e. The Kier molecular flexibility index (Phi) is 3.08. The molecule has 0 unspecified atom stereocenters. The van der Waals surface area contributed by atoms with Gasteiger partial charge in [-0.3, -0.25) is 4.79 Å². The van der Waals surface area contributed by atoms with Crippen molar-refractivity contribution >= 4 is 29.8 Å². The van der Waals surface area contributed by atoms with Gasteiger partial charge >= 0.3 is 5.97 Å². The highest BCUT2D eigenvalue weighted by molar-refractivity contribution is 5.78. The van der Waals surface area contributed by atoms with E-state index in [1.165, 1.54) is 27.1 Å². The number of rotatable bonds is 5. The van der Waals surface area contributed by atoms with Crippen LogP contribution in [0.15, 0.2) is 24.3 Å². The third kappa shape index (κ3) is 2.39. The molecule has 0 amide bonds. The molecule has 19 heavy (non-hydrogen) atoms. The molecule has 1 N–H and O–H groups in total. The number of carboxylic acid groups (broad SMARTS) is 1. The fourth-order valence-corrected chi connectivity index (χ4v) is 2.70. The van der Waals surface area contributed by atoms with Gasteiger partial charge < -0.3 is 5.11 Å². The monoisotopic (exact) mass is 252 g/mol. The second-order valence-electron chi connectivity index (χ2n) is 5.05. The molecule has 96 valence electrons. The van der Waals surface area contributed by atoms with Crippen molar-refractivity contribution in [1.82, 2.24) is 0 Å². The van der Waals surface area contributed by atoms with Gasteiger partial charge in [0.05, 0.1) is 0 Å². The van der Waals surface area contributed by atoms with Crippen molar-refractivity contribution in [2.45, 2.75) is 25.7 Å². The van der Waals surface area contributed by atoms with Crippen molar-refractivity contribution in [2.75, 3.05) is 0 Å². The van der Waals surface area contributed by atoms with E-state index in [4.69, 9.17) is 5.11 Å². The summed E-state index contributed by atoms with van der Waals surface area (Å²) in [6.45, 7) is 0. The number of hydrogen-bond donors (Lipinski definition) is 1. The zero-order valence-electron chi connectivity index (χ0n) is 10.7. The van der Waals surface area contributed by atoms with Crippen molar-refractivity contribution in [2.24, 2.45) is 0 Å². The van der Waals surface area contributed by atoms with Crippen molar-refractivity contribution in [1.29, 1.82) is 0 Å². The van der Waals surface area contributed by atoms with Crippen LogP contribution >= 0.6 is 0 Å². The molecule has 0 aliphatic heterocycles. The van der Waals surface area contributed by atoms with Gasteiger partial charge in [-0.15, -0.1) is 0 Å². The first-order valence-electron chi connectivity index (χ1n) is 6.69. The Bertz CT molecular complexity index is 706. The minimum atomic E-state index is -0.703. The average molecular weight is 252 g/mol. The number of hydrogen-bond acceptors (Lipinski definition) is 1. The number of fused-ring (bicyclic) bond motifs is 2. The zero-order valence-corrected chi connectivity index (χ0v) is 10.7. The average Bonchev–Trinajstić information content (AvgIpc) is 2.98. The molecule has 2 nitrogen and oxygen atoms in total. The van der Waals surface area contributed by atoms with Crippen LogP contribution in [0.1, 0.15) is 36.8 Å². The van der Waals surface area contributed by atoms with E-state index in [-0.39, 0.29) is 6.42 Å². The van der Waals surface area contributed by atoms with Crippen LogP contribution in [0.5, 0.6) is 0 Å². The maximum atomic E-state index is 10.5. The molecule has 0 saturated heterocycles. The molecule has 0 aromatic heterocycles. The number of aliphatic carboxylic acids is 1. The molecule has 1 aromatic rings. The van der Waals surface area contributed by atoms with Gasteiger partial charge in [0.1, 0.15) is 0 Å². The minimum absolute atomic E-state index is 0.270. The second kappa shape index (κ2) is 4.88. The van der Waals surface area contributed by atoms with Crippen LogP contribution in [0.3, 0.4) is 0 Å². The van der Waals surface area contributed by atoms with E-state index in [1.807, 2.05) is 0 Å². The molecule has 2 aliphatic rings. The summed E-state index contributed by atoms with van der Waals surface area (Å²) in [5, 5.41) is 11.2. The van der Waals surface area contributed by atoms with E-state index < -0.39 is 5.97 Å². The summed E-state index contributed by atoms with van der Waals surface area (Å²) in [4.78, 5) is 10.5. The summed E-state index contributed by atoms with van der Waals surface area (Å²) in [7, 11) is 0. The summed E-state index contributed by atoms with van der Waals surface area (Å²) in [6, 6.07) is 4.47. The molecule has 0 fully saturated rings. The van der Waals surface area contributed by atoms with Crippen LogP contribution in [0.25, 0.3) is 23.8 Å². The first kappa shape index (κ1) is 12.0. The molecule has 0 saturated carbocycles. The van der Waals surface area contributed by atoms with E-state index in [1.54, 1.807) is 0 Å². The number of benzene rings is 1. The Labute approximate surface area is 112 Å². The van der Waals surface area contributed by atoms with Crippen molar-refractivity contribution < 1.29 is 9.90 Å². The van der Waals surface area contributed by atoms with E-state index in [2.05, 4.69) is 42.5 Å². The SMILES string of the molecule is O=C(O)CCCCC1=c2cc3c(cc2C=C1)=CC=C3. The molecule has 1 aromatic carbocycles. The van der Waals surface area contributed by atoms with E-state index >= 15 is 0 Å². The summed E-state index contributed by atoms with van der Waals surface area (Å²) in [6.07, 6.45) is 13.6. The van der Waals surface area contributed by atoms with Gasteiger partial charge in [0, 0.05) is 6.42 Å². The first-order chi connectivity index (χ1) is 9.24. The molecule has 0 heterocycles. The fourth-order valence-electron chi connectivity index (χ4n) is 2.70. The fraction of sp³-hybridized carbons (Fsp3) is 0.235. The highest BCUT2D eigenvalue weighted by atomic mass is 16.4. The van der Waals surface area contributed by atoms with Gasteiger partial charge in [-0.2, -0.15) is 0 Å². The van der Waals surface area contributed by atoms with Gasteiger partial charge in [0.25, 0.3) is 0 Å². The zero-order chi connectivity index (χ0) is 13.2. The Balaban J connectivity index is 1.80. The number of carbonyl (C=O) groups is 1. The van der Waals surface area contributed by atoms with E-state index in [0.717, 1.165) is 19.3 Å². The lowest BCUT2D eigenvalue weighted by atomic mass is 10.0. The Morgan fingerprint density at radius 3 is 2.79 bits per heavy atom. The number of unbranched alkanes of at least 4 members (excludes halogenated alkanes) is 1. The maximum absolute atomic E-state index is 10.5. The predicted octanol–water partition coefficient (Wildman–Crippen LogP) is 2.32. The predicted molar refractivity (Wildman–Crippen MR) is 77.7 cm³/mol. The number of allylic oxidation sites excluding steroid dienone is 2. The summed E-state index contributed by atoms with van der Waals surface area (Å²) >= 11 is 0. The van der Waals surface area contributed by atoms with Crippen LogP contribution in [-0.4, -0.2) is 11.1 Å². The van der Waals surface area contributed by atoms with E-state index in [9.17, 15) is 4.79 Å². The second-order valence-corrected chi connectivity index (χ2v) is 5.05. The summed E-state index contributed by atoms with van der Waals surface area (Å²) in [5.41, 5.74) is 3.90. The third-order valence-electron chi connectivity index (χ3n) is 3.70. The van der Waals surface area contributed by atoms with Crippen molar-refractivity contribution in [3.63, 3.8) is 0 Å². The standard InChI is InChI=1S/C17H16O2/c18-17(19)7-2-1-4-12-8-9-15-10-13-5-3-6-14(13)11-16(12)15/h3,5-6,8-11H,1-2,4,7H2,(H,18,19). The first-order valence-corrected chi connectivity index (χ1v) is 6.69. The van der Waals surface area contributed by atoms with Gasteiger partial charge in [-0.1, -0.05) is 30.4 Å². The summed E-state index contributed by atoms with van der Waals surface area (Å²) in [5.74, 6) is -0.703. The van der Waals surface area contributed by atoms with E-state index in [0.29, 0.717) is 0 Å². The van der Waals surface area contributed by atoms with Gasteiger partial charge in [-0.25, -0.2) is 0 Å². The number of carboxylic acids is 1. The molecule has 0 atom stereocenters. The van der Waals surface area contributed by atoms with Crippen molar-refractivity contribution in [3.05, 3.63) is 45.8 Å². The normalized spacial score (nSPS) is 14.4. The smallest absolute Gasteiger partial charge is 0.303 e. The molecular weight excluding hydrogens is 236 g/mol. The van der Waals surface area contributed by atoms with Crippen LogP contribution < -0.4 is 10.4 Å². The molecule has 2 heteroatoms. The lowest BCUT2D eigenvalue weighted by Gasteiger charge is -2.01. The van der Waals surface area contributed by atoms with Gasteiger partial charge in [0.15, 0.2) is 0 Å². The topological polar surface area (TPSA) is 37.3 Å².